The van der Waals surface area contributed by atoms with Crippen molar-refractivity contribution in [3.8, 4) is 11.1 Å². The average molecular weight is 265 g/mol. The molecule has 3 rings (SSSR count). The monoisotopic (exact) mass is 265 g/mol. The first-order valence-corrected chi connectivity index (χ1v) is 7.68. The summed E-state index contributed by atoms with van der Waals surface area (Å²) in [4.78, 5) is 0. The molecule has 1 nitrogen and oxygen atoms in total. The van der Waals surface area contributed by atoms with Crippen molar-refractivity contribution in [2.45, 2.75) is 38.6 Å². The van der Waals surface area contributed by atoms with E-state index in [-0.39, 0.29) is 0 Å². The van der Waals surface area contributed by atoms with E-state index >= 15 is 0 Å². The molecule has 0 spiro atoms. The lowest BCUT2D eigenvalue weighted by Gasteiger charge is -2.19. The zero-order valence-corrected chi connectivity index (χ0v) is 12.4. The number of rotatable bonds is 3. The Labute approximate surface area is 122 Å². The number of benzene rings is 2. The smallest absolute Gasteiger partial charge is 0.0295 e. The summed E-state index contributed by atoms with van der Waals surface area (Å²) in [6.07, 6.45) is 5.18. The van der Waals surface area contributed by atoms with Gasteiger partial charge in [-0.15, -0.1) is 0 Å². The van der Waals surface area contributed by atoms with Gasteiger partial charge < -0.3 is 5.32 Å². The van der Waals surface area contributed by atoms with Gasteiger partial charge in [0.15, 0.2) is 0 Å². The van der Waals surface area contributed by atoms with Crippen molar-refractivity contribution in [1.29, 1.82) is 0 Å². The highest BCUT2D eigenvalue weighted by Gasteiger charge is 2.13. The van der Waals surface area contributed by atoms with Crippen LogP contribution in [0.15, 0.2) is 42.5 Å². The van der Waals surface area contributed by atoms with Crippen LogP contribution >= 0.6 is 0 Å². The predicted molar refractivity (Wildman–Crippen MR) is 86.0 cm³/mol. The number of fused-ring (bicyclic) bond motifs is 1. The van der Waals surface area contributed by atoms with Crippen molar-refractivity contribution < 1.29 is 0 Å². The van der Waals surface area contributed by atoms with E-state index in [9.17, 15) is 0 Å². The van der Waals surface area contributed by atoms with Crippen LogP contribution in [0.4, 0.5) is 0 Å². The van der Waals surface area contributed by atoms with Crippen LogP contribution in [0.3, 0.4) is 0 Å². The van der Waals surface area contributed by atoms with Crippen LogP contribution in [-0.4, -0.2) is 7.05 Å². The van der Waals surface area contributed by atoms with Gasteiger partial charge in [-0.3, -0.25) is 0 Å². The maximum absolute atomic E-state index is 3.35. The molecule has 0 saturated carbocycles. The standard InChI is InChI=1S/C19H23N/c1-14(20-2)18-9-5-6-10-19(18)17-12-11-15-7-3-4-8-16(15)13-17/h5-6,9-14,20H,3-4,7-8H2,1-2H3. The molecule has 0 aromatic heterocycles. The van der Waals surface area contributed by atoms with E-state index in [4.69, 9.17) is 0 Å². The van der Waals surface area contributed by atoms with Crippen LogP contribution in [0.5, 0.6) is 0 Å². The molecule has 1 atom stereocenters. The largest absolute Gasteiger partial charge is 0.313 e. The molecule has 2 aromatic carbocycles. The third kappa shape index (κ3) is 2.51. The number of aryl methyl sites for hydroxylation is 2. The second kappa shape index (κ2) is 5.80. The van der Waals surface area contributed by atoms with Gasteiger partial charge in [-0.05, 0) is 67.5 Å². The normalized spacial score (nSPS) is 15.7. The van der Waals surface area contributed by atoms with Crippen LogP contribution < -0.4 is 5.32 Å². The summed E-state index contributed by atoms with van der Waals surface area (Å²) < 4.78 is 0. The molecule has 104 valence electrons. The third-order valence-corrected chi connectivity index (χ3v) is 4.52. The van der Waals surface area contributed by atoms with Crippen LogP contribution in [0.2, 0.25) is 0 Å². The molecule has 20 heavy (non-hydrogen) atoms. The number of nitrogens with one attached hydrogen (secondary N) is 1. The summed E-state index contributed by atoms with van der Waals surface area (Å²) in [6, 6.07) is 16.2. The summed E-state index contributed by atoms with van der Waals surface area (Å²) in [7, 11) is 2.02. The fourth-order valence-electron chi connectivity index (χ4n) is 3.19. The summed E-state index contributed by atoms with van der Waals surface area (Å²) in [5, 5.41) is 3.35. The minimum atomic E-state index is 0.377. The predicted octanol–water partition coefficient (Wildman–Crippen LogP) is 4.51. The average Bonchev–Trinajstić information content (AvgIpc) is 2.53. The van der Waals surface area contributed by atoms with Crippen LogP contribution in [0, 0.1) is 0 Å². The molecule has 0 fully saturated rings. The number of hydrogen-bond acceptors (Lipinski definition) is 1. The first-order valence-electron chi connectivity index (χ1n) is 7.68. The molecule has 1 unspecified atom stereocenters. The van der Waals surface area contributed by atoms with Crippen LogP contribution in [-0.2, 0) is 12.8 Å². The fraction of sp³-hybridized carbons (Fsp3) is 0.368. The highest BCUT2D eigenvalue weighted by atomic mass is 14.9. The molecule has 1 N–H and O–H groups in total. The maximum Gasteiger partial charge on any atom is 0.0295 e. The Balaban J connectivity index is 2.05. The van der Waals surface area contributed by atoms with E-state index in [0.717, 1.165) is 0 Å². The molecule has 1 heteroatoms. The summed E-state index contributed by atoms with van der Waals surface area (Å²) in [5.41, 5.74) is 7.22. The van der Waals surface area contributed by atoms with Crippen molar-refractivity contribution in [1.82, 2.24) is 5.32 Å². The Morgan fingerprint density at radius 2 is 1.70 bits per heavy atom. The number of hydrogen-bond donors (Lipinski definition) is 1. The molecule has 1 aliphatic carbocycles. The third-order valence-electron chi connectivity index (χ3n) is 4.52. The second-order valence-electron chi connectivity index (χ2n) is 5.79. The van der Waals surface area contributed by atoms with Gasteiger partial charge in [-0.1, -0.05) is 42.5 Å². The van der Waals surface area contributed by atoms with E-state index in [0.29, 0.717) is 6.04 Å². The van der Waals surface area contributed by atoms with Gasteiger partial charge in [0, 0.05) is 6.04 Å². The minimum absolute atomic E-state index is 0.377. The van der Waals surface area contributed by atoms with Crippen molar-refractivity contribution in [3.05, 3.63) is 59.2 Å². The SMILES string of the molecule is CNC(C)c1ccccc1-c1ccc2c(c1)CCCC2. The van der Waals surface area contributed by atoms with E-state index in [1.54, 1.807) is 11.1 Å². The van der Waals surface area contributed by atoms with E-state index in [1.807, 2.05) is 7.05 Å². The maximum atomic E-state index is 3.35. The van der Waals surface area contributed by atoms with E-state index in [1.165, 1.54) is 42.4 Å². The fourth-order valence-corrected chi connectivity index (χ4v) is 3.19. The van der Waals surface area contributed by atoms with Gasteiger partial charge in [0.1, 0.15) is 0 Å². The van der Waals surface area contributed by atoms with Crippen LogP contribution in [0.1, 0.15) is 42.5 Å². The lowest BCUT2D eigenvalue weighted by atomic mass is 9.87. The topological polar surface area (TPSA) is 12.0 Å². The Hall–Kier alpha value is -1.60. The van der Waals surface area contributed by atoms with Crippen molar-refractivity contribution in [2.75, 3.05) is 7.05 Å². The van der Waals surface area contributed by atoms with E-state index < -0.39 is 0 Å². The molecule has 0 amide bonds. The molecule has 0 heterocycles. The Kier molecular flexibility index (Phi) is 3.88. The molecule has 0 bridgehead atoms. The van der Waals surface area contributed by atoms with Crippen molar-refractivity contribution >= 4 is 0 Å². The minimum Gasteiger partial charge on any atom is -0.313 e. The Morgan fingerprint density at radius 1 is 0.950 bits per heavy atom. The highest BCUT2D eigenvalue weighted by Crippen LogP contribution is 2.31. The first kappa shape index (κ1) is 13.4. The van der Waals surface area contributed by atoms with Gasteiger partial charge in [0.05, 0.1) is 0 Å². The summed E-state index contributed by atoms with van der Waals surface area (Å²) >= 11 is 0. The molecule has 0 radical (unpaired) electrons. The highest BCUT2D eigenvalue weighted by molar-refractivity contribution is 5.69. The van der Waals surface area contributed by atoms with Crippen LogP contribution in [0.25, 0.3) is 11.1 Å². The first-order chi connectivity index (χ1) is 9.79. The van der Waals surface area contributed by atoms with Gasteiger partial charge >= 0.3 is 0 Å². The zero-order chi connectivity index (χ0) is 13.9. The molecule has 1 aliphatic rings. The quantitative estimate of drug-likeness (QED) is 0.860. The lowest BCUT2D eigenvalue weighted by molar-refractivity contribution is 0.653. The molecule has 0 aliphatic heterocycles. The van der Waals surface area contributed by atoms with Gasteiger partial charge in [-0.25, -0.2) is 0 Å². The molecule has 2 aromatic rings. The molecule has 0 saturated heterocycles. The van der Waals surface area contributed by atoms with Gasteiger partial charge in [-0.2, -0.15) is 0 Å². The zero-order valence-electron chi connectivity index (χ0n) is 12.4. The Morgan fingerprint density at radius 3 is 2.50 bits per heavy atom. The Bertz CT molecular complexity index is 600. The van der Waals surface area contributed by atoms with Crippen molar-refractivity contribution in [3.63, 3.8) is 0 Å². The summed E-state index contributed by atoms with van der Waals surface area (Å²) in [5.74, 6) is 0. The van der Waals surface area contributed by atoms with Gasteiger partial charge in [0.25, 0.3) is 0 Å². The second-order valence-corrected chi connectivity index (χ2v) is 5.79. The summed E-state index contributed by atoms with van der Waals surface area (Å²) in [6.45, 7) is 2.22. The molecular weight excluding hydrogens is 242 g/mol. The van der Waals surface area contributed by atoms with E-state index in [2.05, 4.69) is 54.7 Å². The molecular formula is C19H23N. The van der Waals surface area contributed by atoms with Crippen molar-refractivity contribution in [2.24, 2.45) is 0 Å². The lowest BCUT2D eigenvalue weighted by Crippen LogP contribution is -2.13. The van der Waals surface area contributed by atoms with Gasteiger partial charge in [0.2, 0.25) is 0 Å².